The van der Waals surface area contributed by atoms with E-state index in [1.165, 1.54) is 12.3 Å². The zero-order valence-corrected chi connectivity index (χ0v) is 18.2. The molecule has 8 heteroatoms. The number of anilines is 1. The van der Waals surface area contributed by atoms with Crippen LogP contribution >= 0.6 is 0 Å². The molecule has 1 aromatic carbocycles. The minimum Gasteiger partial charge on any atom is -0.497 e. The van der Waals surface area contributed by atoms with Gasteiger partial charge >= 0.3 is 0 Å². The predicted molar refractivity (Wildman–Crippen MR) is 123 cm³/mol. The van der Waals surface area contributed by atoms with Crippen molar-refractivity contribution in [2.24, 2.45) is 5.92 Å². The number of ether oxygens (including phenoxy) is 1. The Morgan fingerprint density at radius 3 is 2.58 bits per heavy atom. The Labute approximate surface area is 190 Å². The maximum atomic E-state index is 13.2. The fraction of sp³-hybridized carbons (Fsp3) is 0.280. The lowest BCUT2D eigenvalue weighted by Gasteiger charge is -2.43. The number of amides is 2. The van der Waals surface area contributed by atoms with Crippen LogP contribution in [0.4, 0.5) is 5.69 Å². The van der Waals surface area contributed by atoms with Gasteiger partial charge in [-0.2, -0.15) is 0 Å². The molecule has 1 saturated heterocycles. The molecule has 0 unspecified atom stereocenters. The Kier molecular flexibility index (Phi) is 5.42. The molecular weight excluding hydrogens is 420 g/mol. The molecule has 2 bridgehead atoms. The number of benzene rings is 1. The van der Waals surface area contributed by atoms with E-state index in [0.717, 1.165) is 12.1 Å². The molecular formula is C25H24N4O4. The van der Waals surface area contributed by atoms with Crippen LogP contribution in [0.1, 0.15) is 38.7 Å². The fourth-order valence-corrected chi connectivity index (χ4v) is 4.89. The van der Waals surface area contributed by atoms with Gasteiger partial charge < -0.3 is 19.5 Å². The van der Waals surface area contributed by atoms with Gasteiger partial charge in [-0.15, -0.1) is 0 Å². The van der Waals surface area contributed by atoms with Crippen LogP contribution in [0.5, 0.6) is 5.75 Å². The van der Waals surface area contributed by atoms with Gasteiger partial charge in [0.2, 0.25) is 0 Å². The highest BCUT2D eigenvalue weighted by atomic mass is 16.5. The highest BCUT2D eigenvalue weighted by Crippen LogP contribution is 2.39. The molecule has 168 valence electrons. The molecule has 2 aliphatic heterocycles. The number of likely N-dealkylation sites (tertiary alicyclic amines) is 1. The summed E-state index contributed by atoms with van der Waals surface area (Å²) in [7, 11) is 1.59. The molecule has 2 atom stereocenters. The number of methoxy groups -OCH3 is 1. The third-order valence-corrected chi connectivity index (χ3v) is 6.39. The van der Waals surface area contributed by atoms with E-state index >= 15 is 0 Å². The Morgan fingerprint density at radius 2 is 1.85 bits per heavy atom. The monoisotopic (exact) mass is 444 g/mol. The SMILES string of the molecule is COc1ccc(C(=O)N2C[C@H]3C[C@H](C2)c2c(NC(=O)c4cccnc4)ccc(=O)n2C3)cc1. The van der Waals surface area contributed by atoms with E-state index in [0.29, 0.717) is 42.2 Å². The van der Waals surface area contributed by atoms with Crippen LogP contribution in [0.2, 0.25) is 0 Å². The summed E-state index contributed by atoms with van der Waals surface area (Å²) in [5.74, 6) is 0.510. The molecule has 5 rings (SSSR count). The lowest BCUT2D eigenvalue weighted by atomic mass is 9.82. The lowest BCUT2D eigenvalue weighted by molar-refractivity contribution is 0.0595. The lowest BCUT2D eigenvalue weighted by Crippen LogP contribution is -2.49. The number of carbonyl (C=O) groups is 2. The number of aromatic nitrogens is 2. The molecule has 0 saturated carbocycles. The average Bonchev–Trinajstić information content (AvgIpc) is 2.85. The summed E-state index contributed by atoms with van der Waals surface area (Å²) < 4.78 is 6.94. The minimum absolute atomic E-state index is 0.0416. The standard InChI is InChI=1S/C25H24N4O4/c1-33-20-6-4-17(5-7-20)25(32)28-13-16-11-19(15-28)23-21(8-9-22(30)29(23)14-16)27-24(31)18-3-2-10-26-12-18/h2-10,12,16,19H,11,13-15H2,1H3,(H,27,31)/t16-,19-/m1/s1. The number of hydrogen-bond acceptors (Lipinski definition) is 5. The van der Waals surface area contributed by atoms with Gasteiger partial charge in [-0.1, -0.05) is 0 Å². The maximum Gasteiger partial charge on any atom is 0.257 e. The van der Waals surface area contributed by atoms with E-state index in [2.05, 4.69) is 10.3 Å². The Morgan fingerprint density at radius 1 is 1.03 bits per heavy atom. The number of rotatable bonds is 4. The number of pyridine rings is 2. The first-order valence-electron chi connectivity index (χ1n) is 10.9. The largest absolute Gasteiger partial charge is 0.497 e. The van der Waals surface area contributed by atoms with Crippen molar-refractivity contribution < 1.29 is 14.3 Å². The zero-order chi connectivity index (χ0) is 22.9. The first-order valence-corrected chi connectivity index (χ1v) is 10.9. The molecule has 4 heterocycles. The van der Waals surface area contributed by atoms with Gasteiger partial charge in [0.25, 0.3) is 17.4 Å². The van der Waals surface area contributed by atoms with Gasteiger partial charge in [0.1, 0.15) is 5.75 Å². The van der Waals surface area contributed by atoms with Crippen LogP contribution in [0, 0.1) is 5.92 Å². The summed E-state index contributed by atoms with van der Waals surface area (Å²) in [4.78, 5) is 44.5. The zero-order valence-electron chi connectivity index (χ0n) is 18.2. The second kappa shape index (κ2) is 8.54. The van der Waals surface area contributed by atoms with E-state index in [1.807, 2.05) is 4.90 Å². The second-order valence-electron chi connectivity index (χ2n) is 8.51. The molecule has 2 aliphatic rings. The van der Waals surface area contributed by atoms with Crippen LogP contribution < -0.4 is 15.6 Å². The van der Waals surface area contributed by atoms with Crippen LogP contribution in [-0.2, 0) is 6.54 Å². The van der Waals surface area contributed by atoms with Crippen LogP contribution in [0.3, 0.4) is 0 Å². The first-order chi connectivity index (χ1) is 16.0. The topological polar surface area (TPSA) is 93.5 Å². The van der Waals surface area contributed by atoms with Crippen LogP contribution in [0.15, 0.2) is 65.7 Å². The van der Waals surface area contributed by atoms with Gasteiger partial charge in [0.15, 0.2) is 0 Å². The van der Waals surface area contributed by atoms with E-state index in [1.54, 1.807) is 60.3 Å². The molecule has 0 aliphatic carbocycles. The van der Waals surface area contributed by atoms with Crippen LogP contribution in [0.25, 0.3) is 0 Å². The molecule has 2 amide bonds. The molecule has 2 aromatic heterocycles. The van der Waals surface area contributed by atoms with Crippen molar-refractivity contribution in [1.29, 1.82) is 0 Å². The van der Waals surface area contributed by atoms with Gasteiger partial charge in [0.05, 0.1) is 18.4 Å². The molecule has 0 radical (unpaired) electrons. The minimum atomic E-state index is -0.284. The predicted octanol–water partition coefficient (Wildman–Crippen LogP) is 2.76. The van der Waals surface area contributed by atoms with Crippen molar-refractivity contribution in [2.45, 2.75) is 18.9 Å². The van der Waals surface area contributed by atoms with E-state index in [4.69, 9.17) is 4.74 Å². The Bertz CT molecular complexity index is 1250. The van der Waals surface area contributed by atoms with E-state index < -0.39 is 0 Å². The van der Waals surface area contributed by atoms with E-state index in [9.17, 15) is 14.4 Å². The quantitative estimate of drug-likeness (QED) is 0.668. The third kappa shape index (κ3) is 4.00. The summed E-state index contributed by atoms with van der Waals surface area (Å²) >= 11 is 0. The first kappa shape index (κ1) is 20.9. The van der Waals surface area contributed by atoms with Gasteiger partial charge in [0, 0.05) is 55.3 Å². The Hall–Kier alpha value is -3.94. The van der Waals surface area contributed by atoms with Crippen LogP contribution in [-0.4, -0.2) is 46.5 Å². The highest BCUT2D eigenvalue weighted by molar-refractivity contribution is 6.04. The second-order valence-corrected chi connectivity index (χ2v) is 8.51. The van der Waals surface area contributed by atoms with Gasteiger partial charge in [-0.05, 0) is 54.8 Å². The summed E-state index contributed by atoms with van der Waals surface area (Å²) in [6.07, 6.45) is 3.98. The highest BCUT2D eigenvalue weighted by Gasteiger charge is 2.38. The number of hydrogen-bond donors (Lipinski definition) is 1. The Balaban J connectivity index is 1.43. The summed E-state index contributed by atoms with van der Waals surface area (Å²) in [5, 5.41) is 2.95. The van der Waals surface area contributed by atoms with Crippen molar-refractivity contribution in [2.75, 3.05) is 25.5 Å². The van der Waals surface area contributed by atoms with E-state index in [-0.39, 0.29) is 29.2 Å². The molecule has 8 nitrogen and oxygen atoms in total. The van der Waals surface area contributed by atoms with Gasteiger partial charge in [-0.3, -0.25) is 19.4 Å². The molecule has 1 fully saturated rings. The number of fused-ring (bicyclic) bond motifs is 4. The normalized spacial score (nSPS) is 18.9. The summed E-state index contributed by atoms with van der Waals surface area (Å²) in [6, 6.07) is 13.6. The number of piperidine rings is 1. The molecule has 0 spiro atoms. The maximum absolute atomic E-state index is 13.2. The summed E-state index contributed by atoms with van der Waals surface area (Å²) in [5.41, 5.74) is 2.34. The van der Waals surface area contributed by atoms with Gasteiger partial charge in [-0.25, -0.2) is 0 Å². The molecule has 1 N–H and O–H groups in total. The van der Waals surface area contributed by atoms with Crippen molar-refractivity contribution >= 4 is 17.5 Å². The average molecular weight is 444 g/mol. The number of nitrogens with one attached hydrogen (secondary N) is 1. The van der Waals surface area contributed by atoms with Crippen molar-refractivity contribution in [1.82, 2.24) is 14.5 Å². The number of carbonyl (C=O) groups excluding carboxylic acids is 2. The fourth-order valence-electron chi connectivity index (χ4n) is 4.89. The smallest absolute Gasteiger partial charge is 0.257 e. The van der Waals surface area contributed by atoms with Crippen molar-refractivity contribution in [3.63, 3.8) is 0 Å². The molecule has 3 aromatic rings. The third-order valence-electron chi connectivity index (χ3n) is 6.39. The van der Waals surface area contributed by atoms with Crippen molar-refractivity contribution in [3.8, 4) is 5.75 Å². The number of nitrogens with zero attached hydrogens (tertiary/aromatic N) is 3. The summed E-state index contributed by atoms with van der Waals surface area (Å²) in [6.45, 7) is 1.60. The van der Waals surface area contributed by atoms with Crippen molar-refractivity contribution in [3.05, 3.63) is 88.1 Å². The molecule has 33 heavy (non-hydrogen) atoms.